The third kappa shape index (κ3) is 2.82. The van der Waals surface area contributed by atoms with Crippen LogP contribution in [0.5, 0.6) is 0 Å². The molecular weight excluding hydrogens is 336 g/mol. The molecule has 0 N–H and O–H groups in total. The highest BCUT2D eigenvalue weighted by molar-refractivity contribution is 6.22. The van der Waals surface area contributed by atoms with E-state index in [0.29, 0.717) is 24.9 Å². The number of fused-ring (bicyclic) bond motifs is 1. The monoisotopic (exact) mass is 361 g/mol. The number of aromatic nitrogens is 2. The second-order valence-electron chi connectivity index (χ2n) is 6.53. The van der Waals surface area contributed by atoms with Gasteiger partial charge in [-0.05, 0) is 26.3 Å². The van der Waals surface area contributed by atoms with Crippen LogP contribution in [0.4, 0.5) is 4.79 Å². The fourth-order valence-corrected chi connectivity index (χ4v) is 3.36. The van der Waals surface area contributed by atoms with E-state index in [2.05, 4.69) is 10.1 Å². The van der Waals surface area contributed by atoms with Crippen molar-refractivity contribution in [3.05, 3.63) is 17.5 Å². The smallest absolute Gasteiger partial charge is 0.383 e. The summed E-state index contributed by atoms with van der Waals surface area (Å²) in [4.78, 5) is 33.0. The molecule has 0 spiro atoms. The van der Waals surface area contributed by atoms with Crippen LogP contribution < -0.4 is 0 Å². The highest BCUT2D eigenvalue weighted by Gasteiger charge is 2.52. The fourth-order valence-electron chi connectivity index (χ4n) is 3.36. The molecule has 1 saturated heterocycles. The van der Waals surface area contributed by atoms with E-state index in [1.165, 1.54) is 9.80 Å². The molecule has 1 unspecified atom stereocenters. The standard InChI is InChI=1S/C17H25N6O3/c1-6-7-21-13-14(18-16(21)23-12(3)10-11(2)19-23)20(4)17(25)22(15(13)24)8-9-26-5/h10,13H,6-9H2,1-5H3/q+1. The predicted octanol–water partition coefficient (Wildman–Crippen LogP) is 0.448. The maximum Gasteiger partial charge on any atom is 0.421 e. The molecule has 1 atom stereocenters. The predicted molar refractivity (Wildman–Crippen MR) is 95.5 cm³/mol. The average Bonchev–Trinajstić information content (AvgIpc) is 3.13. The Hall–Kier alpha value is -2.55. The van der Waals surface area contributed by atoms with Gasteiger partial charge in [-0.15, -0.1) is 9.78 Å². The zero-order valence-corrected chi connectivity index (χ0v) is 15.9. The Morgan fingerprint density at radius 2 is 2.04 bits per heavy atom. The molecule has 1 aromatic heterocycles. The van der Waals surface area contributed by atoms with Crippen molar-refractivity contribution in [2.75, 3.05) is 33.9 Å². The van der Waals surface area contributed by atoms with Crippen molar-refractivity contribution in [2.24, 2.45) is 4.99 Å². The van der Waals surface area contributed by atoms with Gasteiger partial charge in [-0.3, -0.25) is 14.6 Å². The number of methoxy groups -OCH3 is 1. The number of imide groups is 1. The summed E-state index contributed by atoms with van der Waals surface area (Å²) in [5, 5.41) is 4.50. The topological polar surface area (TPSA) is 83.0 Å². The number of carbonyl (C=O) groups is 2. The Kier molecular flexibility index (Phi) is 4.90. The summed E-state index contributed by atoms with van der Waals surface area (Å²) < 4.78 is 8.71. The van der Waals surface area contributed by atoms with Gasteiger partial charge in [-0.1, -0.05) is 11.9 Å². The fraction of sp³-hybridized carbons (Fsp3) is 0.588. The Labute approximate surface area is 152 Å². The van der Waals surface area contributed by atoms with E-state index in [1.807, 2.05) is 31.4 Å². The molecule has 2 aliphatic heterocycles. The third-order valence-electron chi connectivity index (χ3n) is 4.57. The zero-order valence-electron chi connectivity index (χ0n) is 15.9. The number of amides is 3. The van der Waals surface area contributed by atoms with Crippen LogP contribution in [-0.2, 0) is 9.53 Å². The van der Waals surface area contributed by atoms with Gasteiger partial charge in [0.25, 0.3) is 5.91 Å². The summed E-state index contributed by atoms with van der Waals surface area (Å²) in [5.41, 5.74) is 1.80. The van der Waals surface area contributed by atoms with Crippen LogP contribution in [0, 0.1) is 13.8 Å². The van der Waals surface area contributed by atoms with Crippen LogP contribution in [0.15, 0.2) is 11.1 Å². The highest BCUT2D eigenvalue weighted by atomic mass is 16.5. The molecule has 2 aliphatic rings. The van der Waals surface area contributed by atoms with Crippen LogP contribution in [0.1, 0.15) is 24.7 Å². The number of rotatable bonds is 5. The summed E-state index contributed by atoms with van der Waals surface area (Å²) in [5.74, 6) is 0.762. The largest absolute Gasteiger partial charge is 0.421 e. The molecule has 0 aromatic carbocycles. The van der Waals surface area contributed by atoms with E-state index in [-0.39, 0.29) is 18.5 Å². The lowest BCUT2D eigenvalue weighted by Gasteiger charge is -2.33. The van der Waals surface area contributed by atoms with Gasteiger partial charge in [-0.25, -0.2) is 9.37 Å². The van der Waals surface area contributed by atoms with E-state index >= 15 is 0 Å². The minimum atomic E-state index is -0.617. The number of likely N-dealkylation sites (N-methyl/N-ethyl adjacent to an activating group) is 1. The third-order valence-corrected chi connectivity index (χ3v) is 4.57. The minimum Gasteiger partial charge on any atom is -0.383 e. The minimum absolute atomic E-state index is 0.220. The van der Waals surface area contributed by atoms with Gasteiger partial charge in [0.15, 0.2) is 0 Å². The van der Waals surface area contributed by atoms with Crippen LogP contribution >= 0.6 is 0 Å². The Balaban J connectivity index is 2.08. The van der Waals surface area contributed by atoms with Gasteiger partial charge >= 0.3 is 12.0 Å². The van der Waals surface area contributed by atoms with Crippen molar-refractivity contribution in [3.63, 3.8) is 0 Å². The van der Waals surface area contributed by atoms with Crippen molar-refractivity contribution in [2.45, 2.75) is 33.2 Å². The SMILES string of the molecule is CCC[N+]1=C(n2nc(C)cc2C)N=C2C1C(=O)N(CCOC)C(=O)N2C. The number of carbonyl (C=O) groups excluding carboxylic acids is 2. The molecule has 9 heteroatoms. The number of aliphatic imine (C=N–C) groups is 1. The van der Waals surface area contributed by atoms with Gasteiger partial charge in [0, 0.05) is 14.2 Å². The van der Waals surface area contributed by atoms with E-state index in [4.69, 9.17) is 4.74 Å². The lowest BCUT2D eigenvalue weighted by atomic mass is 10.1. The van der Waals surface area contributed by atoms with Crippen LogP contribution in [-0.4, -0.2) is 87.8 Å². The molecule has 0 bridgehead atoms. The van der Waals surface area contributed by atoms with E-state index in [0.717, 1.165) is 17.8 Å². The number of nitrogens with zero attached hydrogens (tertiary/aromatic N) is 6. The Morgan fingerprint density at radius 1 is 1.31 bits per heavy atom. The summed E-state index contributed by atoms with van der Waals surface area (Å²) in [6.07, 6.45) is 0.838. The molecule has 3 rings (SSSR count). The second kappa shape index (κ2) is 6.99. The first-order chi connectivity index (χ1) is 12.4. The molecule has 0 radical (unpaired) electrons. The summed E-state index contributed by atoms with van der Waals surface area (Å²) >= 11 is 0. The molecule has 9 nitrogen and oxygen atoms in total. The Bertz CT molecular complexity index is 809. The lowest BCUT2D eigenvalue weighted by molar-refractivity contribution is -0.537. The first-order valence-corrected chi connectivity index (χ1v) is 8.74. The quantitative estimate of drug-likeness (QED) is 0.713. The van der Waals surface area contributed by atoms with Gasteiger partial charge in [-0.2, -0.15) is 0 Å². The van der Waals surface area contributed by atoms with Crippen molar-refractivity contribution in [1.29, 1.82) is 0 Å². The molecule has 26 heavy (non-hydrogen) atoms. The molecule has 140 valence electrons. The van der Waals surface area contributed by atoms with Gasteiger partial charge in [0.1, 0.15) is 5.69 Å². The molecule has 0 saturated carbocycles. The number of hydrogen-bond acceptors (Lipinski definition) is 5. The van der Waals surface area contributed by atoms with Gasteiger partial charge < -0.3 is 4.74 Å². The molecular formula is C17H25N6O3+. The first-order valence-electron chi connectivity index (χ1n) is 8.74. The second-order valence-corrected chi connectivity index (χ2v) is 6.53. The normalized spacial score (nSPS) is 20.2. The van der Waals surface area contributed by atoms with Gasteiger partial charge in [0.05, 0.1) is 25.4 Å². The molecule has 0 aliphatic carbocycles. The summed E-state index contributed by atoms with van der Waals surface area (Å²) in [7, 11) is 3.19. The van der Waals surface area contributed by atoms with Crippen LogP contribution in [0.25, 0.3) is 0 Å². The maximum absolute atomic E-state index is 13.1. The first kappa shape index (κ1) is 18.2. The molecule has 1 fully saturated rings. The van der Waals surface area contributed by atoms with Crippen molar-refractivity contribution >= 4 is 23.7 Å². The zero-order chi connectivity index (χ0) is 19.0. The van der Waals surface area contributed by atoms with E-state index in [9.17, 15) is 9.59 Å². The van der Waals surface area contributed by atoms with E-state index < -0.39 is 6.04 Å². The lowest BCUT2D eigenvalue weighted by Crippen LogP contribution is -2.63. The molecule has 3 amide bonds. The summed E-state index contributed by atoms with van der Waals surface area (Å²) in [6, 6.07) is 0.961. The van der Waals surface area contributed by atoms with Crippen molar-refractivity contribution in [1.82, 2.24) is 19.6 Å². The molecule has 3 heterocycles. The van der Waals surface area contributed by atoms with Crippen LogP contribution in [0.2, 0.25) is 0 Å². The van der Waals surface area contributed by atoms with E-state index in [1.54, 1.807) is 18.8 Å². The summed E-state index contributed by atoms with van der Waals surface area (Å²) in [6.45, 7) is 7.06. The van der Waals surface area contributed by atoms with Gasteiger partial charge in [0.2, 0.25) is 11.9 Å². The average molecular weight is 361 g/mol. The Morgan fingerprint density at radius 3 is 2.62 bits per heavy atom. The van der Waals surface area contributed by atoms with Crippen LogP contribution in [0.3, 0.4) is 0 Å². The highest BCUT2D eigenvalue weighted by Crippen LogP contribution is 2.21. The number of urea groups is 1. The van der Waals surface area contributed by atoms with Crippen molar-refractivity contribution < 1.29 is 18.9 Å². The maximum atomic E-state index is 13.1. The van der Waals surface area contributed by atoms with Crippen molar-refractivity contribution in [3.8, 4) is 0 Å². The number of amidine groups is 1. The number of ether oxygens (including phenoxy) is 1. The number of aryl methyl sites for hydroxylation is 2. The molecule has 1 aromatic rings. The number of hydrogen-bond donors (Lipinski definition) is 0.